The molecule has 102 valence electrons. The zero-order chi connectivity index (χ0) is 13.8. The van der Waals surface area contributed by atoms with Crippen molar-refractivity contribution in [1.29, 1.82) is 5.26 Å². The first-order valence-electron chi connectivity index (χ1n) is 5.63. The molecule has 1 rings (SSSR count). The van der Waals surface area contributed by atoms with E-state index in [1.807, 2.05) is 6.07 Å². The molecule has 0 aromatic carbocycles. The molecule has 1 aliphatic rings. The van der Waals surface area contributed by atoms with Crippen LogP contribution >= 0.6 is 0 Å². The van der Waals surface area contributed by atoms with E-state index in [1.54, 1.807) is 4.72 Å². The van der Waals surface area contributed by atoms with Crippen LogP contribution in [0.25, 0.3) is 0 Å². The molecule has 0 heterocycles. The second-order valence-electron chi connectivity index (χ2n) is 4.58. The number of amides is 1. The summed E-state index contributed by atoms with van der Waals surface area (Å²) in [5.41, 5.74) is -1.13. The van der Waals surface area contributed by atoms with Crippen molar-refractivity contribution in [3.05, 3.63) is 0 Å². The first kappa shape index (κ1) is 14.7. The number of nitrogens with zero attached hydrogens (tertiary/aromatic N) is 1. The molecule has 0 bridgehead atoms. The van der Waals surface area contributed by atoms with E-state index >= 15 is 0 Å². The number of carbonyl (C=O) groups excluding carboxylic acids is 1. The quantitative estimate of drug-likeness (QED) is 0.786. The SMILES string of the molecule is COC(=O)NS(=O)(=O)NC1(C#N)CCC(C)CC1. The Bertz CT molecular complexity index is 446. The van der Waals surface area contributed by atoms with Crippen LogP contribution in [0.2, 0.25) is 0 Å². The topological polar surface area (TPSA) is 108 Å². The van der Waals surface area contributed by atoms with Crippen molar-refractivity contribution in [3.63, 3.8) is 0 Å². The van der Waals surface area contributed by atoms with E-state index in [2.05, 4.69) is 16.4 Å². The normalized spacial score (nSPS) is 28.2. The van der Waals surface area contributed by atoms with Crippen LogP contribution in [0.15, 0.2) is 0 Å². The zero-order valence-corrected chi connectivity index (χ0v) is 11.2. The van der Waals surface area contributed by atoms with Crippen molar-refractivity contribution >= 4 is 16.3 Å². The summed E-state index contributed by atoms with van der Waals surface area (Å²) < 4.78 is 31.4. The van der Waals surface area contributed by atoms with E-state index in [-0.39, 0.29) is 0 Å². The summed E-state index contributed by atoms with van der Waals surface area (Å²) in [6.07, 6.45) is 1.34. The average molecular weight is 275 g/mol. The lowest BCUT2D eigenvalue weighted by Crippen LogP contribution is -2.54. The third-order valence-electron chi connectivity index (χ3n) is 3.07. The fraction of sp³-hybridized carbons (Fsp3) is 0.800. The summed E-state index contributed by atoms with van der Waals surface area (Å²) in [5.74, 6) is 0.476. The second kappa shape index (κ2) is 5.54. The van der Waals surface area contributed by atoms with Gasteiger partial charge in [-0.1, -0.05) is 6.92 Å². The van der Waals surface area contributed by atoms with E-state index in [0.29, 0.717) is 18.8 Å². The molecule has 1 aliphatic carbocycles. The van der Waals surface area contributed by atoms with E-state index in [9.17, 15) is 13.2 Å². The fourth-order valence-electron chi connectivity index (χ4n) is 1.93. The Labute approximate surface area is 107 Å². The molecule has 2 N–H and O–H groups in total. The van der Waals surface area contributed by atoms with Gasteiger partial charge in [-0.15, -0.1) is 0 Å². The summed E-state index contributed by atoms with van der Waals surface area (Å²) in [6.45, 7) is 2.06. The number of nitrogens with one attached hydrogen (secondary N) is 2. The summed E-state index contributed by atoms with van der Waals surface area (Å²) in [7, 11) is -3.01. The predicted molar refractivity (Wildman–Crippen MR) is 63.6 cm³/mol. The third-order valence-corrected chi connectivity index (χ3v) is 4.17. The molecule has 0 saturated heterocycles. The van der Waals surface area contributed by atoms with Crippen molar-refractivity contribution in [2.24, 2.45) is 5.92 Å². The molecule has 7 nitrogen and oxygen atoms in total. The third kappa shape index (κ3) is 3.85. The highest BCUT2D eigenvalue weighted by Crippen LogP contribution is 2.31. The van der Waals surface area contributed by atoms with Gasteiger partial charge in [0.05, 0.1) is 13.2 Å². The molecule has 0 aliphatic heterocycles. The predicted octanol–water partition coefficient (Wildman–Crippen LogP) is 0.649. The number of nitriles is 1. The van der Waals surface area contributed by atoms with Crippen molar-refractivity contribution in [2.45, 2.75) is 38.1 Å². The van der Waals surface area contributed by atoms with Crippen molar-refractivity contribution in [1.82, 2.24) is 9.44 Å². The largest absolute Gasteiger partial charge is 0.452 e. The lowest BCUT2D eigenvalue weighted by atomic mass is 9.79. The minimum Gasteiger partial charge on any atom is -0.452 e. The highest BCUT2D eigenvalue weighted by Gasteiger charge is 2.38. The maximum atomic E-state index is 11.6. The standard InChI is InChI=1S/C10H17N3O4S/c1-8-3-5-10(7-11,6-4-8)13-18(15,16)12-9(14)17-2/h8,13H,3-6H2,1-2H3,(H,12,14). The maximum absolute atomic E-state index is 11.6. The average Bonchev–Trinajstić information content (AvgIpc) is 2.31. The molecule has 0 radical (unpaired) electrons. The van der Waals surface area contributed by atoms with Crippen LogP contribution in [0, 0.1) is 17.2 Å². The van der Waals surface area contributed by atoms with Gasteiger partial charge in [0.2, 0.25) is 0 Å². The summed E-state index contributed by atoms with van der Waals surface area (Å²) in [4.78, 5) is 10.9. The van der Waals surface area contributed by atoms with Crippen LogP contribution in [0.3, 0.4) is 0 Å². The zero-order valence-electron chi connectivity index (χ0n) is 10.4. The number of rotatable bonds is 3. The first-order valence-corrected chi connectivity index (χ1v) is 7.12. The van der Waals surface area contributed by atoms with Gasteiger partial charge in [-0.3, -0.25) is 0 Å². The van der Waals surface area contributed by atoms with Gasteiger partial charge in [0.25, 0.3) is 0 Å². The van der Waals surface area contributed by atoms with Gasteiger partial charge in [0, 0.05) is 0 Å². The van der Waals surface area contributed by atoms with Crippen LogP contribution in [-0.4, -0.2) is 27.2 Å². The minimum absolute atomic E-state index is 0.437. The number of hydrogen-bond acceptors (Lipinski definition) is 5. The fourth-order valence-corrected chi connectivity index (χ4v) is 3.04. The Morgan fingerprint density at radius 2 is 2.00 bits per heavy atom. The van der Waals surface area contributed by atoms with Gasteiger partial charge in [-0.05, 0) is 31.6 Å². The molecule has 1 saturated carbocycles. The smallest absolute Gasteiger partial charge is 0.421 e. The lowest BCUT2D eigenvalue weighted by Gasteiger charge is -2.33. The van der Waals surface area contributed by atoms with Crippen molar-refractivity contribution in [2.75, 3.05) is 7.11 Å². The molecule has 0 atom stereocenters. The molecule has 0 aromatic rings. The highest BCUT2D eigenvalue weighted by molar-refractivity contribution is 7.88. The molecule has 1 fully saturated rings. The Balaban J connectivity index is 2.75. The number of ether oxygens (including phenoxy) is 1. The second-order valence-corrected chi connectivity index (χ2v) is 5.99. The molecular weight excluding hydrogens is 258 g/mol. The van der Waals surface area contributed by atoms with E-state index in [4.69, 9.17) is 5.26 Å². The summed E-state index contributed by atoms with van der Waals surface area (Å²) in [5, 5.41) is 9.16. The number of carbonyl (C=O) groups is 1. The van der Waals surface area contributed by atoms with Crippen LogP contribution in [-0.2, 0) is 14.9 Å². The van der Waals surface area contributed by atoms with Gasteiger partial charge in [0.1, 0.15) is 5.54 Å². The minimum atomic E-state index is -4.08. The lowest BCUT2D eigenvalue weighted by molar-refractivity contribution is 0.177. The molecule has 18 heavy (non-hydrogen) atoms. The van der Waals surface area contributed by atoms with E-state index in [0.717, 1.165) is 20.0 Å². The van der Waals surface area contributed by atoms with Gasteiger partial charge in [-0.25, -0.2) is 9.52 Å². The Morgan fingerprint density at radius 1 is 1.44 bits per heavy atom. The first-order chi connectivity index (χ1) is 8.32. The summed E-state index contributed by atoms with van der Waals surface area (Å²) >= 11 is 0. The summed E-state index contributed by atoms with van der Waals surface area (Å²) in [6, 6.07) is 2.00. The highest BCUT2D eigenvalue weighted by atomic mass is 32.2. The monoisotopic (exact) mass is 275 g/mol. The molecule has 0 spiro atoms. The van der Waals surface area contributed by atoms with Gasteiger partial charge < -0.3 is 4.74 Å². The van der Waals surface area contributed by atoms with Crippen LogP contribution in [0.4, 0.5) is 4.79 Å². The van der Waals surface area contributed by atoms with Crippen LogP contribution in [0.1, 0.15) is 32.6 Å². The Kier molecular flexibility index (Phi) is 4.53. The van der Waals surface area contributed by atoms with Crippen LogP contribution < -0.4 is 9.44 Å². The van der Waals surface area contributed by atoms with Gasteiger partial charge >= 0.3 is 16.3 Å². The van der Waals surface area contributed by atoms with E-state index in [1.165, 1.54) is 0 Å². The number of methoxy groups -OCH3 is 1. The molecule has 0 unspecified atom stereocenters. The van der Waals surface area contributed by atoms with Crippen molar-refractivity contribution < 1.29 is 17.9 Å². The molecule has 0 aromatic heterocycles. The van der Waals surface area contributed by atoms with Gasteiger partial charge in [0.15, 0.2) is 0 Å². The Morgan fingerprint density at radius 3 is 2.44 bits per heavy atom. The maximum Gasteiger partial charge on any atom is 0.421 e. The van der Waals surface area contributed by atoms with E-state index < -0.39 is 21.8 Å². The van der Waals surface area contributed by atoms with Crippen molar-refractivity contribution in [3.8, 4) is 6.07 Å². The Hall–Kier alpha value is -1.33. The van der Waals surface area contributed by atoms with Gasteiger partial charge in [-0.2, -0.15) is 18.4 Å². The molecular formula is C10H17N3O4S. The molecule has 8 heteroatoms. The van der Waals surface area contributed by atoms with Crippen LogP contribution in [0.5, 0.6) is 0 Å². The number of hydrogen-bond donors (Lipinski definition) is 2. The molecule has 1 amide bonds.